The van der Waals surface area contributed by atoms with Gasteiger partial charge in [0.2, 0.25) is 15.8 Å². The number of ether oxygens (including phenoxy) is 4. The molecule has 3 rings (SSSR count). The highest BCUT2D eigenvalue weighted by molar-refractivity contribution is 7.89. The molecule has 1 aromatic heterocycles. The predicted molar refractivity (Wildman–Crippen MR) is 133 cm³/mol. The molecule has 2 N–H and O–H groups in total. The van der Waals surface area contributed by atoms with E-state index in [0.29, 0.717) is 65.2 Å². The van der Waals surface area contributed by atoms with E-state index < -0.39 is 15.9 Å². The van der Waals surface area contributed by atoms with E-state index in [1.54, 1.807) is 29.9 Å². The smallest absolute Gasteiger partial charge is 0.279 e. The van der Waals surface area contributed by atoms with Crippen molar-refractivity contribution in [3.8, 4) is 17.2 Å². The minimum Gasteiger partial charge on any atom is -0.490 e. The van der Waals surface area contributed by atoms with E-state index in [9.17, 15) is 13.2 Å². The Bertz CT molecular complexity index is 1350. The minimum absolute atomic E-state index is 0.0164. The van der Waals surface area contributed by atoms with Crippen LogP contribution < -0.4 is 24.2 Å². The lowest BCUT2D eigenvalue weighted by atomic mass is 10.1. The number of amides is 1. The summed E-state index contributed by atoms with van der Waals surface area (Å²) in [5.41, 5.74) is 0.976. The summed E-state index contributed by atoms with van der Waals surface area (Å²) in [6, 6.07) is 7.69. The summed E-state index contributed by atoms with van der Waals surface area (Å²) in [5.74, 6) is 0.695. The summed E-state index contributed by atoms with van der Waals surface area (Å²) in [7, 11) is -2.30. The lowest BCUT2D eigenvalue weighted by molar-refractivity contribution is 0.0996. The van der Waals surface area contributed by atoms with Gasteiger partial charge in [-0.05, 0) is 51.1 Å². The Morgan fingerprint density at radius 1 is 1.03 bits per heavy atom. The van der Waals surface area contributed by atoms with Crippen LogP contribution in [0.2, 0.25) is 0 Å². The maximum absolute atomic E-state index is 13.3. The first-order chi connectivity index (χ1) is 16.7. The number of sulfonamides is 1. The molecule has 0 radical (unpaired) electrons. The molecule has 0 bridgehead atoms. The van der Waals surface area contributed by atoms with Crippen LogP contribution in [0.25, 0.3) is 10.2 Å². The molecule has 1 heterocycles. The lowest BCUT2D eigenvalue weighted by Gasteiger charge is -2.16. The molecule has 0 saturated carbocycles. The normalized spacial score (nSPS) is 12.2. The summed E-state index contributed by atoms with van der Waals surface area (Å²) in [6.45, 7) is 7.45. The highest BCUT2D eigenvalue weighted by atomic mass is 32.2. The van der Waals surface area contributed by atoms with E-state index in [4.69, 9.17) is 24.1 Å². The number of nitrogens with zero attached hydrogens (tertiary/aromatic N) is 2. The third-order valence-electron chi connectivity index (χ3n) is 4.86. The molecular formula is C23H29N3O7S2. The molecule has 0 atom stereocenters. The molecular weight excluding hydrogens is 494 g/mol. The lowest BCUT2D eigenvalue weighted by Crippen LogP contribution is -2.19. The van der Waals surface area contributed by atoms with Crippen LogP contribution in [-0.4, -0.2) is 52.4 Å². The Morgan fingerprint density at radius 3 is 2.20 bits per heavy atom. The van der Waals surface area contributed by atoms with E-state index in [-0.39, 0.29) is 10.5 Å². The van der Waals surface area contributed by atoms with Gasteiger partial charge in [0.25, 0.3) is 5.91 Å². The predicted octanol–water partition coefficient (Wildman–Crippen LogP) is 2.93. The number of methoxy groups -OCH3 is 1. The summed E-state index contributed by atoms with van der Waals surface area (Å²) in [4.78, 5) is 18.0. The van der Waals surface area contributed by atoms with Gasteiger partial charge in [-0.2, -0.15) is 4.99 Å². The van der Waals surface area contributed by atoms with Gasteiger partial charge in [-0.15, -0.1) is 0 Å². The first-order valence-corrected chi connectivity index (χ1v) is 13.4. The largest absolute Gasteiger partial charge is 0.490 e. The van der Waals surface area contributed by atoms with Crippen molar-refractivity contribution in [1.82, 2.24) is 4.57 Å². The molecule has 190 valence electrons. The fraction of sp³-hybridized carbons (Fsp3) is 0.391. The maximum atomic E-state index is 13.3. The average Bonchev–Trinajstić information content (AvgIpc) is 3.15. The van der Waals surface area contributed by atoms with Crippen LogP contribution in [0, 0.1) is 0 Å². The molecule has 35 heavy (non-hydrogen) atoms. The van der Waals surface area contributed by atoms with Crippen LogP contribution in [0.5, 0.6) is 17.2 Å². The molecule has 10 nitrogen and oxygen atoms in total. The molecule has 0 spiro atoms. The SMILES string of the molecule is CCOc1cc(C(=O)N=c2sc3cc(S(N)(=O)=O)ccc3n2CCOC)cc(OCC)c1OCC. The number of carbonyl (C=O) groups excluding carboxylic acids is 1. The standard InChI is InChI=1S/C23H29N3O7S2/c1-5-31-18-12-15(13-19(32-6-2)21(18)33-7-3)22(27)25-23-26(10-11-30-4)17-9-8-16(35(24,28)29)14-20(17)34-23/h8-9,12-14H,5-7,10-11H2,1-4H3,(H2,24,28,29). The molecule has 0 unspecified atom stereocenters. The fourth-order valence-electron chi connectivity index (χ4n) is 3.38. The molecule has 12 heteroatoms. The number of carbonyl (C=O) groups is 1. The van der Waals surface area contributed by atoms with Crippen LogP contribution in [0.1, 0.15) is 31.1 Å². The van der Waals surface area contributed by atoms with Crippen molar-refractivity contribution in [2.75, 3.05) is 33.5 Å². The number of fused-ring (bicyclic) bond motifs is 1. The van der Waals surface area contributed by atoms with E-state index in [2.05, 4.69) is 4.99 Å². The van der Waals surface area contributed by atoms with Gasteiger partial charge in [-0.1, -0.05) is 11.3 Å². The van der Waals surface area contributed by atoms with Crippen LogP contribution in [0.3, 0.4) is 0 Å². The fourth-order valence-corrected chi connectivity index (χ4v) is 5.09. The van der Waals surface area contributed by atoms with Crippen molar-refractivity contribution in [1.29, 1.82) is 0 Å². The number of aromatic nitrogens is 1. The average molecular weight is 524 g/mol. The number of nitrogens with two attached hydrogens (primary N) is 1. The number of benzene rings is 2. The molecule has 2 aromatic carbocycles. The topological polar surface area (TPSA) is 131 Å². The van der Waals surface area contributed by atoms with E-state index >= 15 is 0 Å². The first-order valence-electron chi connectivity index (χ1n) is 11.0. The second-order valence-corrected chi connectivity index (χ2v) is 9.79. The number of hydrogen-bond acceptors (Lipinski definition) is 8. The molecule has 0 fully saturated rings. The second kappa shape index (κ2) is 11.7. The van der Waals surface area contributed by atoms with Crippen molar-refractivity contribution in [3.63, 3.8) is 0 Å². The molecule has 1 amide bonds. The highest BCUT2D eigenvalue weighted by Gasteiger charge is 2.19. The summed E-state index contributed by atoms with van der Waals surface area (Å²) < 4.78 is 48.3. The van der Waals surface area contributed by atoms with Gasteiger partial charge >= 0.3 is 0 Å². The van der Waals surface area contributed by atoms with Gasteiger partial charge in [0.05, 0.1) is 41.5 Å². The summed E-state index contributed by atoms with van der Waals surface area (Å²) >= 11 is 1.18. The summed E-state index contributed by atoms with van der Waals surface area (Å²) in [5, 5.41) is 5.28. The minimum atomic E-state index is -3.87. The van der Waals surface area contributed by atoms with Crippen molar-refractivity contribution < 1.29 is 32.2 Å². The second-order valence-electron chi connectivity index (χ2n) is 7.22. The van der Waals surface area contributed by atoms with E-state index in [0.717, 1.165) is 0 Å². The highest BCUT2D eigenvalue weighted by Crippen LogP contribution is 2.39. The Morgan fingerprint density at radius 2 is 1.66 bits per heavy atom. The number of rotatable bonds is 11. The number of primary sulfonamides is 1. The number of thiazole rings is 1. The Hall–Kier alpha value is -2.93. The third-order valence-corrected chi connectivity index (χ3v) is 6.81. The Balaban J connectivity index is 2.16. The Kier molecular flexibility index (Phi) is 8.89. The van der Waals surface area contributed by atoms with Crippen molar-refractivity contribution in [2.45, 2.75) is 32.2 Å². The van der Waals surface area contributed by atoms with Gasteiger partial charge in [0, 0.05) is 19.2 Å². The molecule has 3 aromatic rings. The maximum Gasteiger partial charge on any atom is 0.279 e. The van der Waals surface area contributed by atoms with Crippen LogP contribution >= 0.6 is 11.3 Å². The quantitative estimate of drug-likeness (QED) is 0.409. The van der Waals surface area contributed by atoms with Gasteiger partial charge in [-0.3, -0.25) is 4.79 Å². The van der Waals surface area contributed by atoms with Gasteiger partial charge in [0.1, 0.15) is 0 Å². The van der Waals surface area contributed by atoms with E-state index in [1.807, 2.05) is 20.8 Å². The van der Waals surface area contributed by atoms with Gasteiger partial charge in [-0.25, -0.2) is 13.6 Å². The molecule has 0 aliphatic heterocycles. The monoisotopic (exact) mass is 523 g/mol. The first kappa shape index (κ1) is 26.7. The van der Waals surface area contributed by atoms with E-state index in [1.165, 1.54) is 23.5 Å². The summed E-state index contributed by atoms with van der Waals surface area (Å²) in [6.07, 6.45) is 0. The molecule has 0 aliphatic carbocycles. The van der Waals surface area contributed by atoms with Crippen molar-refractivity contribution in [3.05, 3.63) is 40.7 Å². The number of hydrogen-bond donors (Lipinski definition) is 1. The van der Waals surface area contributed by atoms with Crippen LogP contribution in [-0.2, 0) is 21.3 Å². The van der Waals surface area contributed by atoms with Crippen LogP contribution in [0.15, 0.2) is 40.2 Å². The van der Waals surface area contributed by atoms with Crippen molar-refractivity contribution in [2.24, 2.45) is 10.1 Å². The zero-order valence-electron chi connectivity index (χ0n) is 20.1. The van der Waals surface area contributed by atoms with Gasteiger partial charge < -0.3 is 23.5 Å². The van der Waals surface area contributed by atoms with Crippen molar-refractivity contribution >= 4 is 37.5 Å². The Labute approximate surface area is 208 Å². The molecule has 0 aliphatic rings. The third kappa shape index (κ3) is 6.20. The zero-order valence-corrected chi connectivity index (χ0v) is 21.7. The molecule has 0 saturated heterocycles. The zero-order chi connectivity index (χ0) is 25.6. The van der Waals surface area contributed by atoms with Gasteiger partial charge in [0.15, 0.2) is 16.3 Å². The van der Waals surface area contributed by atoms with Crippen LogP contribution in [0.4, 0.5) is 0 Å².